The van der Waals surface area contributed by atoms with E-state index in [4.69, 9.17) is 4.74 Å². The van der Waals surface area contributed by atoms with Crippen LogP contribution in [0.1, 0.15) is 22.9 Å². The first-order chi connectivity index (χ1) is 8.45. The molecule has 0 aliphatic carbocycles. The summed E-state index contributed by atoms with van der Waals surface area (Å²) < 4.78 is 5.82. The third-order valence-corrected chi connectivity index (χ3v) is 3.92. The van der Waals surface area contributed by atoms with Crippen molar-refractivity contribution in [3.8, 4) is 5.75 Å². The van der Waals surface area contributed by atoms with E-state index in [-0.39, 0.29) is 6.04 Å². The van der Waals surface area contributed by atoms with Crippen LogP contribution in [0.2, 0.25) is 0 Å². The highest BCUT2D eigenvalue weighted by Crippen LogP contribution is 2.33. The second-order valence-corrected chi connectivity index (χ2v) is 5.12. The topological polar surface area (TPSA) is 21.3 Å². The molecule has 0 spiro atoms. The van der Waals surface area contributed by atoms with E-state index in [1.807, 2.05) is 6.07 Å². The summed E-state index contributed by atoms with van der Waals surface area (Å²) in [6, 6.07) is 12.9. The van der Waals surface area contributed by atoms with Gasteiger partial charge < -0.3 is 10.1 Å². The fourth-order valence-electron chi connectivity index (χ4n) is 2.17. The van der Waals surface area contributed by atoms with Gasteiger partial charge in [0.05, 0.1) is 12.6 Å². The highest BCUT2D eigenvalue weighted by molar-refractivity contribution is 7.10. The SMILES string of the molecule is c1csc(C2NCCCOc3ccccc32)c1. The highest BCUT2D eigenvalue weighted by atomic mass is 32.1. The summed E-state index contributed by atoms with van der Waals surface area (Å²) in [6.45, 7) is 1.79. The number of ether oxygens (including phenoxy) is 1. The average Bonchev–Trinajstić information content (AvgIpc) is 2.84. The van der Waals surface area contributed by atoms with Crippen molar-refractivity contribution in [3.05, 3.63) is 52.2 Å². The minimum atomic E-state index is 0.270. The van der Waals surface area contributed by atoms with Gasteiger partial charge in [-0.25, -0.2) is 0 Å². The summed E-state index contributed by atoms with van der Waals surface area (Å²) in [5.41, 5.74) is 1.25. The summed E-state index contributed by atoms with van der Waals surface area (Å²) in [6.07, 6.45) is 1.05. The van der Waals surface area contributed by atoms with Gasteiger partial charge in [0, 0.05) is 10.4 Å². The van der Waals surface area contributed by atoms with E-state index >= 15 is 0 Å². The van der Waals surface area contributed by atoms with Crippen LogP contribution in [0.25, 0.3) is 0 Å². The molecule has 1 N–H and O–H groups in total. The van der Waals surface area contributed by atoms with Gasteiger partial charge in [-0.2, -0.15) is 0 Å². The summed E-state index contributed by atoms with van der Waals surface area (Å²) >= 11 is 1.79. The molecule has 0 saturated carbocycles. The molecule has 2 aromatic rings. The lowest BCUT2D eigenvalue weighted by Gasteiger charge is -2.24. The van der Waals surface area contributed by atoms with Crippen molar-refractivity contribution in [3.63, 3.8) is 0 Å². The van der Waals surface area contributed by atoms with Crippen LogP contribution < -0.4 is 10.1 Å². The van der Waals surface area contributed by atoms with E-state index in [1.165, 1.54) is 10.4 Å². The molecule has 1 aliphatic heterocycles. The molecule has 1 aliphatic rings. The highest BCUT2D eigenvalue weighted by Gasteiger charge is 2.19. The van der Waals surface area contributed by atoms with Crippen LogP contribution in [0.15, 0.2) is 41.8 Å². The zero-order valence-corrected chi connectivity index (χ0v) is 10.4. The second-order valence-electron chi connectivity index (χ2n) is 4.14. The van der Waals surface area contributed by atoms with Gasteiger partial charge in [-0.05, 0) is 30.5 Å². The largest absolute Gasteiger partial charge is 0.493 e. The van der Waals surface area contributed by atoms with E-state index in [0.717, 1.165) is 25.3 Å². The molecule has 1 atom stereocenters. The van der Waals surface area contributed by atoms with E-state index in [0.29, 0.717) is 0 Å². The van der Waals surface area contributed by atoms with Crippen LogP contribution in [0.3, 0.4) is 0 Å². The molecule has 0 saturated heterocycles. The summed E-state index contributed by atoms with van der Waals surface area (Å²) in [5.74, 6) is 1.01. The molecule has 2 nitrogen and oxygen atoms in total. The zero-order chi connectivity index (χ0) is 11.5. The van der Waals surface area contributed by atoms with Gasteiger partial charge in [0.2, 0.25) is 0 Å². The summed E-state index contributed by atoms with van der Waals surface area (Å²) in [5, 5.41) is 5.73. The Kier molecular flexibility index (Phi) is 3.12. The van der Waals surface area contributed by atoms with Crippen molar-refractivity contribution in [2.24, 2.45) is 0 Å². The Bertz CT molecular complexity index is 481. The number of hydrogen-bond donors (Lipinski definition) is 1. The van der Waals surface area contributed by atoms with Crippen LogP contribution in [0, 0.1) is 0 Å². The fraction of sp³-hybridized carbons (Fsp3) is 0.286. The molecule has 3 rings (SSSR count). The normalized spacial score (nSPS) is 19.9. The Hall–Kier alpha value is -1.32. The molecule has 0 bridgehead atoms. The number of rotatable bonds is 1. The number of thiophene rings is 1. The second kappa shape index (κ2) is 4.90. The summed E-state index contributed by atoms with van der Waals surface area (Å²) in [4.78, 5) is 1.35. The number of nitrogens with one attached hydrogen (secondary N) is 1. The number of benzene rings is 1. The molecule has 0 radical (unpaired) electrons. The first-order valence-electron chi connectivity index (χ1n) is 5.93. The maximum absolute atomic E-state index is 5.82. The number of hydrogen-bond acceptors (Lipinski definition) is 3. The Labute approximate surface area is 105 Å². The van der Waals surface area contributed by atoms with Crippen molar-refractivity contribution in [2.45, 2.75) is 12.5 Å². The van der Waals surface area contributed by atoms with E-state index in [2.05, 4.69) is 41.0 Å². The number of para-hydroxylation sites is 1. The van der Waals surface area contributed by atoms with Gasteiger partial charge in [0.25, 0.3) is 0 Å². The van der Waals surface area contributed by atoms with Gasteiger partial charge in [-0.1, -0.05) is 24.3 Å². The molecule has 1 unspecified atom stereocenters. The molecule has 17 heavy (non-hydrogen) atoms. The van der Waals surface area contributed by atoms with Crippen LogP contribution in [-0.2, 0) is 0 Å². The molecule has 0 amide bonds. The lowest BCUT2D eigenvalue weighted by atomic mass is 10.0. The van der Waals surface area contributed by atoms with Crippen LogP contribution in [-0.4, -0.2) is 13.2 Å². The van der Waals surface area contributed by atoms with E-state index in [9.17, 15) is 0 Å². The van der Waals surface area contributed by atoms with Crippen LogP contribution in [0.5, 0.6) is 5.75 Å². The third-order valence-electron chi connectivity index (χ3n) is 2.98. The monoisotopic (exact) mass is 245 g/mol. The van der Waals surface area contributed by atoms with Gasteiger partial charge in [0.15, 0.2) is 0 Å². The minimum Gasteiger partial charge on any atom is -0.493 e. The lowest BCUT2D eigenvalue weighted by molar-refractivity contribution is 0.290. The quantitative estimate of drug-likeness (QED) is 0.833. The lowest BCUT2D eigenvalue weighted by Crippen LogP contribution is -2.26. The minimum absolute atomic E-state index is 0.270. The predicted octanol–water partition coefficient (Wildman–Crippen LogP) is 3.21. The molecule has 3 heteroatoms. The maximum atomic E-state index is 5.82. The Morgan fingerprint density at radius 2 is 2.12 bits per heavy atom. The van der Waals surface area contributed by atoms with Gasteiger partial charge in [-0.15, -0.1) is 11.3 Å². The van der Waals surface area contributed by atoms with E-state index < -0.39 is 0 Å². The fourth-order valence-corrected chi connectivity index (χ4v) is 2.99. The Morgan fingerprint density at radius 3 is 3.00 bits per heavy atom. The molecule has 1 aromatic heterocycles. The van der Waals surface area contributed by atoms with Gasteiger partial charge >= 0.3 is 0 Å². The van der Waals surface area contributed by atoms with Crippen molar-refractivity contribution in [1.82, 2.24) is 5.32 Å². The van der Waals surface area contributed by atoms with Crippen LogP contribution >= 0.6 is 11.3 Å². The summed E-state index contributed by atoms with van der Waals surface area (Å²) in [7, 11) is 0. The predicted molar refractivity (Wildman–Crippen MR) is 70.7 cm³/mol. The smallest absolute Gasteiger partial charge is 0.124 e. The van der Waals surface area contributed by atoms with Crippen molar-refractivity contribution < 1.29 is 4.74 Å². The average molecular weight is 245 g/mol. The standard InChI is InChI=1S/C14H15NOS/c1-2-6-12-11(5-1)14(13-7-3-10-17-13)15-8-4-9-16-12/h1-3,5-7,10,14-15H,4,8-9H2. The van der Waals surface area contributed by atoms with E-state index in [1.54, 1.807) is 11.3 Å². The van der Waals surface area contributed by atoms with Crippen LogP contribution in [0.4, 0.5) is 0 Å². The molecule has 0 fully saturated rings. The molecule has 2 heterocycles. The first kappa shape index (κ1) is 10.8. The molecular formula is C14H15NOS. The Morgan fingerprint density at radius 1 is 1.18 bits per heavy atom. The van der Waals surface area contributed by atoms with Crippen molar-refractivity contribution in [2.75, 3.05) is 13.2 Å². The molecule has 1 aromatic carbocycles. The Balaban J connectivity index is 2.03. The van der Waals surface area contributed by atoms with Gasteiger partial charge in [-0.3, -0.25) is 0 Å². The van der Waals surface area contributed by atoms with Crippen molar-refractivity contribution in [1.29, 1.82) is 0 Å². The molecule has 88 valence electrons. The van der Waals surface area contributed by atoms with Gasteiger partial charge in [0.1, 0.15) is 5.75 Å². The molecular weight excluding hydrogens is 230 g/mol. The van der Waals surface area contributed by atoms with Crippen molar-refractivity contribution >= 4 is 11.3 Å². The maximum Gasteiger partial charge on any atom is 0.124 e. The third kappa shape index (κ3) is 2.21. The number of fused-ring (bicyclic) bond motifs is 1. The first-order valence-corrected chi connectivity index (χ1v) is 6.81. The zero-order valence-electron chi connectivity index (χ0n) is 9.56.